The zero-order valence-electron chi connectivity index (χ0n) is 5.33. The third-order valence-electron chi connectivity index (χ3n) is 0.812. The summed E-state index contributed by atoms with van der Waals surface area (Å²) in [5.74, 6) is 0. The van der Waals surface area contributed by atoms with Gasteiger partial charge in [-0.05, 0) is 9.09 Å². The van der Waals surface area contributed by atoms with Crippen molar-refractivity contribution in [2.75, 3.05) is 0 Å². The largest absolute Gasteiger partial charge is 0.0872 e. The van der Waals surface area contributed by atoms with Gasteiger partial charge in [0.15, 0.2) is 0 Å². The smallest absolute Gasteiger partial charge is 0.0651 e. The highest BCUT2D eigenvalue weighted by Crippen LogP contribution is 2.21. The fourth-order valence-electron chi connectivity index (χ4n) is 0.164. The molecule has 0 aromatic rings. The van der Waals surface area contributed by atoms with Gasteiger partial charge in [0.2, 0.25) is 0 Å². The molecule has 0 saturated carbocycles. The van der Waals surface area contributed by atoms with Gasteiger partial charge in [0, 0.05) is 0 Å². The second-order valence-electron chi connectivity index (χ2n) is 2.71. The average molecular weight is 258 g/mol. The first kappa shape index (κ1) is 8.92. The van der Waals surface area contributed by atoms with Gasteiger partial charge < -0.3 is 0 Å². The molecule has 0 fully saturated rings. The molecule has 0 bridgehead atoms. The van der Waals surface area contributed by atoms with Gasteiger partial charge in [-0.25, -0.2) is 0 Å². The lowest BCUT2D eigenvalue weighted by molar-refractivity contribution is 1.76. The molecule has 0 radical (unpaired) electrons. The van der Waals surface area contributed by atoms with E-state index in [0.717, 1.165) is 0 Å². The van der Waals surface area contributed by atoms with Crippen LogP contribution in [0.1, 0.15) is 0 Å². The van der Waals surface area contributed by atoms with E-state index in [1.54, 1.807) is 0 Å². The molecule has 0 N–H and O–H groups in total. The molecule has 0 aromatic carbocycles. The molecule has 0 atom stereocenters. The molecule has 0 rings (SSSR count). The van der Waals surface area contributed by atoms with Crippen LogP contribution in [0, 0.1) is 0 Å². The van der Waals surface area contributed by atoms with Crippen molar-refractivity contribution >= 4 is 39.9 Å². The first-order valence-corrected chi connectivity index (χ1v) is 7.65. The number of halogens is 2. The fourth-order valence-corrected chi connectivity index (χ4v) is 2.55. The molecule has 0 heterocycles. The van der Waals surface area contributed by atoms with E-state index in [0.29, 0.717) is 0 Å². The van der Waals surface area contributed by atoms with Crippen molar-refractivity contribution in [1.82, 2.24) is 0 Å². The highest BCUT2D eigenvalue weighted by molar-refractivity contribution is 9.14. The van der Waals surface area contributed by atoms with Crippen LogP contribution in [0.15, 0.2) is 9.09 Å². The van der Waals surface area contributed by atoms with E-state index in [9.17, 15) is 0 Å². The van der Waals surface area contributed by atoms with Crippen LogP contribution < -0.4 is 0 Å². The lowest BCUT2D eigenvalue weighted by atomic mass is 11.2. The van der Waals surface area contributed by atoms with Gasteiger partial charge in [-0.1, -0.05) is 51.5 Å². The molecular formula is C5H10Br2Si. The zero-order chi connectivity index (χ0) is 6.78. The van der Waals surface area contributed by atoms with Gasteiger partial charge in [-0.3, -0.25) is 0 Å². The Balaban J connectivity index is 4.03. The normalized spacial score (nSPS) is 14.4. The van der Waals surface area contributed by atoms with Gasteiger partial charge >= 0.3 is 0 Å². The Hall–Kier alpha value is 0.917. The van der Waals surface area contributed by atoms with Crippen LogP contribution in [-0.4, -0.2) is 8.07 Å². The first-order chi connectivity index (χ1) is 3.48. The van der Waals surface area contributed by atoms with Crippen molar-refractivity contribution in [2.24, 2.45) is 0 Å². The van der Waals surface area contributed by atoms with Crippen molar-refractivity contribution in [1.29, 1.82) is 0 Å². The minimum atomic E-state index is -1.03. The summed E-state index contributed by atoms with van der Waals surface area (Å²) in [6.07, 6.45) is 0. The van der Waals surface area contributed by atoms with Gasteiger partial charge in [0.1, 0.15) is 0 Å². The Bertz CT molecular complexity index is 101. The Morgan fingerprint density at radius 1 is 1.38 bits per heavy atom. The van der Waals surface area contributed by atoms with E-state index in [1.165, 1.54) is 4.11 Å². The van der Waals surface area contributed by atoms with Gasteiger partial charge in [0.05, 0.1) is 8.07 Å². The Labute approximate surface area is 68.6 Å². The summed E-state index contributed by atoms with van der Waals surface area (Å²) < 4.78 is 1.32. The third-order valence-corrected chi connectivity index (χ3v) is 7.68. The Morgan fingerprint density at radius 2 is 1.75 bits per heavy atom. The van der Waals surface area contributed by atoms with Gasteiger partial charge in [0.25, 0.3) is 0 Å². The second-order valence-corrected chi connectivity index (χ2v) is 9.79. The van der Waals surface area contributed by atoms with E-state index >= 15 is 0 Å². The van der Waals surface area contributed by atoms with Crippen molar-refractivity contribution in [3.8, 4) is 0 Å². The Morgan fingerprint density at radius 3 is 1.75 bits per heavy atom. The van der Waals surface area contributed by atoms with E-state index in [4.69, 9.17) is 0 Å². The van der Waals surface area contributed by atoms with Crippen molar-refractivity contribution < 1.29 is 0 Å². The standard InChI is InChI=1S/C5H10Br2Si/c1-8(2,3)5(7)4-6/h4H,1-3H3. The summed E-state index contributed by atoms with van der Waals surface area (Å²) in [7, 11) is -1.03. The predicted molar refractivity (Wildman–Crippen MR) is 49.3 cm³/mol. The summed E-state index contributed by atoms with van der Waals surface area (Å²) >= 11 is 6.75. The summed E-state index contributed by atoms with van der Waals surface area (Å²) in [4.78, 5) is 1.96. The molecule has 0 nitrogen and oxygen atoms in total. The molecular weight excluding hydrogens is 248 g/mol. The summed E-state index contributed by atoms with van der Waals surface area (Å²) in [5, 5.41) is 0. The zero-order valence-corrected chi connectivity index (χ0v) is 9.51. The van der Waals surface area contributed by atoms with E-state index in [2.05, 4.69) is 51.5 Å². The summed E-state index contributed by atoms with van der Waals surface area (Å²) in [5.41, 5.74) is 0. The van der Waals surface area contributed by atoms with Crippen LogP contribution in [0.5, 0.6) is 0 Å². The molecule has 8 heavy (non-hydrogen) atoms. The van der Waals surface area contributed by atoms with Crippen molar-refractivity contribution in [3.63, 3.8) is 0 Å². The number of hydrogen-bond acceptors (Lipinski definition) is 0. The predicted octanol–water partition coefficient (Wildman–Crippen LogP) is 3.50. The lowest BCUT2D eigenvalue weighted by Gasteiger charge is -2.12. The lowest BCUT2D eigenvalue weighted by Crippen LogP contribution is -2.19. The van der Waals surface area contributed by atoms with Crippen molar-refractivity contribution in [2.45, 2.75) is 19.6 Å². The minimum absolute atomic E-state index is 1.03. The van der Waals surface area contributed by atoms with E-state index in [-0.39, 0.29) is 0 Å². The molecule has 0 spiro atoms. The van der Waals surface area contributed by atoms with Crippen LogP contribution in [0.4, 0.5) is 0 Å². The highest BCUT2D eigenvalue weighted by atomic mass is 79.9. The third kappa shape index (κ3) is 3.05. The van der Waals surface area contributed by atoms with Crippen LogP contribution in [-0.2, 0) is 0 Å². The monoisotopic (exact) mass is 256 g/mol. The average Bonchev–Trinajstić information content (AvgIpc) is 1.62. The molecule has 3 heteroatoms. The van der Waals surface area contributed by atoms with Gasteiger partial charge in [-0.15, -0.1) is 0 Å². The maximum atomic E-state index is 3.47. The summed E-state index contributed by atoms with van der Waals surface area (Å²) in [6.45, 7) is 6.86. The number of rotatable bonds is 1. The second kappa shape index (κ2) is 3.18. The molecule has 0 aliphatic rings. The van der Waals surface area contributed by atoms with Gasteiger partial charge in [-0.2, -0.15) is 0 Å². The molecule has 0 aliphatic heterocycles. The molecule has 0 unspecified atom stereocenters. The highest BCUT2D eigenvalue weighted by Gasteiger charge is 2.15. The maximum absolute atomic E-state index is 3.47. The summed E-state index contributed by atoms with van der Waals surface area (Å²) in [6, 6.07) is 0. The molecule has 0 aliphatic carbocycles. The molecule has 0 aromatic heterocycles. The van der Waals surface area contributed by atoms with Crippen molar-refractivity contribution in [3.05, 3.63) is 9.09 Å². The topological polar surface area (TPSA) is 0 Å². The van der Waals surface area contributed by atoms with E-state index < -0.39 is 8.07 Å². The molecule has 48 valence electrons. The number of hydrogen-bond donors (Lipinski definition) is 0. The van der Waals surface area contributed by atoms with Crippen LogP contribution in [0.3, 0.4) is 0 Å². The quantitative estimate of drug-likeness (QED) is 0.631. The SMILES string of the molecule is C[Si](C)(C)C(Br)=CBr. The first-order valence-electron chi connectivity index (χ1n) is 2.45. The van der Waals surface area contributed by atoms with Crippen LogP contribution >= 0.6 is 31.9 Å². The molecule has 0 amide bonds. The maximum Gasteiger partial charge on any atom is 0.0872 e. The fraction of sp³-hybridized carbons (Fsp3) is 0.600. The Kier molecular flexibility index (Phi) is 3.54. The van der Waals surface area contributed by atoms with E-state index in [1.807, 2.05) is 4.99 Å². The van der Waals surface area contributed by atoms with Crippen LogP contribution in [0.2, 0.25) is 19.6 Å². The molecule has 0 saturated heterocycles. The minimum Gasteiger partial charge on any atom is -0.0651 e. The van der Waals surface area contributed by atoms with Crippen LogP contribution in [0.25, 0.3) is 0 Å².